The average molecular weight is 134 g/mol. The predicted octanol–water partition coefficient (Wildman–Crippen LogP) is 1.21. The molecule has 0 bridgehead atoms. The van der Waals surface area contributed by atoms with Crippen molar-refractivity contribution in [1.82, 2.24) is 4.98 Å². The molecular formula is C8H8NO. The van der Waals surface area contributed by atoms with Crippen LogP contribution in [0.5, 0.6) is 5.75 Å². The third-order valence-corrected chi connectivity index (χ3v) is 1.64. The molecule has 0 saturated heterocycles. The largest absolute Gasteiger partial charge is 0.491 e. The van der Waals surface area contributed by atoms with E-state index in [-0.39, 0.29) is 0 Å². The van der Waals surface area contributed by atoms with E-state index in [1.165, 1.54) is 5.56 Å². The lowest BCUT2D eigenvalue weighted by atomic mass is 10.1. The Labute approximate surface area is 59.9 Å². The first-order valence-corrected chi connectivity index (χ1v) is 3.45. The Kier molecular flexibility index (Phi) is 1.31. The van der Waals surface area contributed by atoms with E-state index >= 15 is 0 Å². The van der Waals surface area contributed by atoms with Gasteiger partial charge in [-0.3, -0.25) is 4.98 Å². The van der Waals surface area contributed by atoms with Gasteiger partial charge in [-0.15, -0.1) is 0 Å². The molecule has 0 N–H and O–H groups in total. The van der Waals surface area contributed by atoms with Gasteiger partial charge in [0.25, 0.3) is 0 Å². The molecule has 0 spiro atoms. The van der Waals surface area contributed by atoms with Crippen molar-refractivity contribution in [2.75, 3.05) is 6.61 Å². The van der Waals surface area contributed by atoms with Gasteiger partial charge in [0.05, 0.1) is 6.61 Å². The van der Waals surface area contributed by atoms with Gasteiger partial charge in [-0.05, 0) is 24.5 Å². The Balaban J connectivity index is 2.41. The third kappa shape index (κ3) is 0.856. The number of nitrogens with zero attached hydrogens (tertiary/aromatic N) is 1. The zero-order valence-electron chi connectivity index (χ0n) is 5.63. The van der Waals surface area contributed by atoms with E-state index in [1.54, 1.807) is 6.20 Å². The maximum Gasteiger partial charge on any atom is 0.150 e. The van der Waals surface area contributed by atoms with E-state index in [4.69, 9.17) is 4.74 Å². The molecule has 0 atom stereocenters. The number of aromatic nitrogens is 1. The van der Waals surface area contributed by atoms with E-state index in [0.717, 1.165) is 25.2 Å². The lowest BCUT2D eigenvalue weighted by Gasteiger charge is -2.14. The summed E-state index contributed by atoms with van der Waals surface area (Å²) in [6.07, 6.45) is 6.80. The molecule has 1 aliphatic heterocycles. The molecule has 2 heteroatoms. The molecule has 2 nitrogen and oxygen atoms in total. The number of hydrogen-bond donors (Lipinski definition) is 0. The van der Waals surface area contributed by atoms with Gasteiger partial charge in [0.2, 0.25) is 0 Å². The van der Waals surface area contributed by atoms with Crippen LogP contribution in [-0.4, -0.2) is 11.6 Å². The summed E-state index contributed by atoms with van der Waals surface area (Å²) in [7, 11) is 0. The Hall–Kier alpha value is -1.05. The average Bonchev–Trinajstić information content (AvgIpc) is 2.05. The molecule has 1 aliphatic rings. The molecule has 0 fully saturated rings. The fraction of sp³-hybridized carbons (Fsp3) is 0.375. The van der Waals surface area contributed by atoms with E-state index in [2.05, 4.69) is 11.2 Å². The van der Waals surface area contributed by atoms with Crippen molar-refractivity contribution < 1.29 is 4.74 Å². The quantitative estimate of drug-likeness (QED) is 0.532. The normalized spacial score (nSPS) is 15.6. The summed E-state index contributed by atoms with van der Waals surface area (Å²) in [5, 5.41) is 0. The molecule has 0 saturated carbocycles. The lowest BCUT2D eigenvalue weighted by molar-refractivity contribution is 0.286. The fourth-order valence-electron chi connectivity index (χ4n) is 1.13. The van der Waals surface area contributed by atoms with Gasteiger partial charge in [0.1, 0.15) is 6.20 Å². The van der Waals surface area contributed by atoms with E-state index in [9.17, 15) is 0 Å². The second-order valence-corrected chi connectivity index (χ2v) is 2.36. The molecule has 1 aromatic rings. The van der Waals surface area contributed by atoms with Gasteiger partial charge >= 0.3 is 0 Å². The summed E-state index contributed by atoms with van der Waals surface area (Å²) < 4.78 is 5.31. The number of rotatable bonds is 0. The smallest absolute Gasteiger partial charge is 0.150 e. The Morgan fingerprint density at radius 2 is 2.60 bits per heavy atom. The highest BCUT2D eigenvalue weighted by Crippen LogP contribution is 2.21. The van der Waals surface area contributed by atoms with Crippen LogP contribution in [0.2, 0.25) is 0 Å². The highest BCUT2D eigenvalue weighted by atomic mass is 16.5. The second kappa shape index (κ2) is 2.29. The van der Waals surface area contributed by atoms with Crippen molar-refractivity contribution >= 4 is 0 Å². The lowest BCUT2D eigenvalue weighted by Crippen LogP contribution is -2.08. The molecule has 0 unspecified atom stereocenters. The van der Waals surface area contributed by atoms with Crippen LogP contribution < -0.4 is 4.74 Å². The summed E-state index contributed by atoms with van der Waals surface area (Å²) in [6.45, 7) is 0.815. The summed E-state index contributed by atoms with van der Waals surface area (Å²) in [5.41, 5.74) is 1.24. The van der Waals surface area contributed by atoms with E-state index < -0.39 is 0 Å². The first-order chi connectivity index (χ1) is 4.97. The molecule has 0 aromatic carbocycles. The van der Waals surface area contributed by atoms with Gasteiger partial charge in [-0.1, -0.05) is 0 Å². The second-order valence-electron chi connectivity index (χ2n) is 2.36. The molecule has 0 amide bonds. The maximum absolute atomic E-state index is 5.31. The highest BCUT2D eigenvalue weighted by molar-refractivity contribution is 5.30. The standard InChI is InChI=1S/C8H8NO/c1-2-7-3-4-9-6-8(7)10-5-1/h3-4H,1-2,5H2. The summed E-state index contributed by atoms with van der Waals surface area (Å²) in [5.74, 6) is 0.841. The Morgan fingerprint density at radius 3 is 3.50 bits per heavy atom. The minimum Gasteiger partial charge on any atom is -0.491 e. The minimum absolute atomic E-state index is 0.815. The Bertz CT molecular complexity index is 209. The van der Waals surface area contributed by atoms with Crippen molar-refractivity contribution in [3.63, 3.8) is 0 Å². The molecule has 2 heterocycles. The van der Waals surface area contributed by atoms with Crippen molar-refractivity contribution in [3.8, 4) is 5.75 Å². The number of pyridine rings is 1. The zero-order valence-corrected chi connectivity index (χ0v) is 5.63. The van der Waals surface area contributed by atoms with Gasteiger partial charge in [-0.25, -0.2) is 0 Å². The SMILES string of the molecule is [c]1nccc2c1OCCC2. The van der Waals surface area contributed by atoms with Gasteiger partial charge < -0.3 is 4.74 Å². The molecular weight excluding hydrogens is 126 g/mol. The van der Waals surface area contributed by atoms with Crippen LogP contribution in [0.25, 0.3) is 0 Å². The fourth-order valence-corrected chi connectivity index (χ4v) is 1.13. The minimum atomic E-state index is 0.815. The molecule has 0 aliphatic carbocycles. The molecule has 1 radical (unpaired) electrons. The van der Waals surface area contributed by atoms with Crippen molar-refractivity contribution in [1.29, 1.82) is 0 Å². The highest BCUT2D eigenvalue weighted by Gasteiger charge is 2.08. The van der Waals surface area contributed by atoms with Crippen LogP contribution in [0.15, 0.2) is 12.3 Å². The first-order valence-electron chi connectivity index (χ1n) is 3.45. The Morgan fingerprint density at radius 1 is 1.60 bits per heavy atom. The van der Waals surface area contributed by atoms with Crippen molar-refractivity contribution in [3.05, 3.63) is 24.0 Å². The first kappa shape index (κ1) is 5.71. The number of fused-ring (bicyclic) bond motifs is 1. The van der Waals surface area contributed by atoms with E-state index in [1.807, 2.05) is 6.07 Å². The monoisotopic (exact) mass is 134 g/mol. The van der Waals surface area contributed by atoms with Gasteiger partial charge in [0, 0.05) is 6.20 Å². The summed E-state index contributed by atoms with van der Waals surface area (Å²) in [6, 6.07) is 1.99. The van der Waals surface area contributed by atoms with E-state index in [0.29, 0.717) is 0 Å². The topological polar surface area (TPSA) is 22.1 Å². The van der Waals surface area contributed by atoms with Crippen LogP contribution in [0.1, 0.15) is 12.0 Å². The third-order valence-electron chi connectivity index (χ3n) is 1.64. The van der Waals surface area contributed by atoms with Crippen LogP contribution in [0.3, 0.4) is 0 Å². The van der Waals surface area contributed by atoms with Gasteiger partial charge in [0.15, 0.2) is 5.75 Å². The summed E-state index contributed by atoms with van der Waals surface area (Å²) in [4.78, 5) is 3.85. The van der Waals surface area contributed by atoms with Crippen LogP contribution in [-0.2, 0) is 6.42 Å². The molecule has 2 rings (SSSR count). The van der Waals surface area contributed by atoms with Crippen LogP contribution in [0.4, 0.5) is 0 Å². The van der Waals surface area contributed by atoms with Crippen molar-refractivity contribution in [2.24, 2.45) is 0 Å². The van der Waals surface area contributed by atoms with Crippen LogP contribution >= 0.6 is 0 Å². The van der Waals surface area contributed by atoms with Crippen LogP contribution in [0, 0.1) is 6.20 Å². The molecule has 10 heavy (non-hydrogen) atoms. The number of aryl methyl sites for hydroxylation is 1. The maximum atomic E-state index is 5.31. The summed E-state index contributed by atoms with van der Waals surface area (Å²) >= 11 is 0. The number of ether oxygens (including phenoxy) is 1. The van der Waals surface area contributed by atoms with Gasteiger partial charge in [-0.2, -0.15) is 0 Å². The number of hydrogen-bond acceptors (Lipinski definition) is 2. The predicted molar refractivity (Wildman–Crippen MR) is 36.9 cm³/mol. The molecule has 1 aromatic heterocycles. The van der Waals surface area contributed by atoms with Crippen molar-refractivity contribution in [2.45, 2.75) is 12.8 Å². The molecule has 51 valence electrons. The zero-order chi connectivity index (χ0) is 6.81.